The Balaban J connectivity index is 1.74. The zero-order valence-corrected chi connectivity index (χ0v) is 16.4. The highest BCUT2D eigenvalue weighted by Gasteiger charge is 2.17. The largest absolute Gasteiger partial charge is 0.378 e. The Kier molecular flexibility index (Phi) is 5.60. The van der Waals surface area contributed by atoms with Crippen molar-refractivity contribution < 1.29 is 9.53 Å². The van der Waals surface area contributed by atoms with Crippen LogP contribution in [0.15, 0.2) is 30.5 Å². The Morgan fingerprint density at radius 3 is 2.44 bits per heavy atom. The summed E-state index contributed by atoms with van der Waals surface area (Å²) in [4.78, 5) is 23.4. The molecule has 0 unspecified atom stereocenters. The van der Waals surface area contributed by atoms with Crippen molar-refractivity contribution in [3.8, 4) is 11.4 Å². The minimum atomic E-state index is -0.282. The minimum absolute atomic E-state index is 0.226. The summed E-state index contributed by atoms with van der Waals surface area (Å²) in [6.07, 6.45) is 1.86. The number of nitrogens with one attached hydrogen (secondary N) is 2. The van der Waals surface area contributed by atoms with Crippen molar-refractivity contribution in [3.05, 3.63) is 36.0 Å². The Bertz CT molecular complexity index is 793. The summed E-state index contributed by atoms with van der Waals surface area (Å²) in [6.45, 7) is 11.0. The number of urea groups is 1. The molecule has 1 aromatic heterocycles. The number of carbonyl (C=O) groups excluding carboxylic acids is 1. The lowest BCUT2D eigenvalue weighted by Crippen LogP contribution is -2.43. The second kappa shape index (κ2) is 7.92. The predicted molar refractivity (Wildman–Crippen MR) is 107 cm³/mol. The van der Waals surface area contributed by atoms with Gasteiger partial charge in [-0.25, -0.2) is 14.8 Å². The fraction of sp³-hybridized carbons (Fsp3) is 0.450. The van der Waals surface area contributed by atoms with E-state index in [9.17, 15) is 4.79 Å². The van der Waals surface area contributed by atoms with E-state index in [-0.39, 0.29) is 11.6 Å². The Morgan fingerprint density at radius 2 is 1.81 bits per heavy atom. The number of benzene rings is 1. The van der Waals surface area contributed by atoms with Crippen molar-refractivity contribution >= 4 is 17.5 Å². The van der Waals surface area contributed by atoms with Gasteiger partial charge in [-0.15, -0.1) is 0 Å². The average Bonchev–Trinajstić information content (AvgIpc) is 2.62. The van der Waals surface area contributed by atoms with E-state index in [0.29, 0.717) is 5.82 Å². The zero-order chi connectivity index (χ0) is 19.4. The maximum absolute atomic E-state index is 12.0. The summed E-state index contributed by atoms with van der Waals surface area (Å²) in [5, 5.41) is 5.71. The number of ether oxygens (including phenoxy) is 1. The first-order valence-corrected chi connectivity index (χ1v) is 9.18. The topological polar surface area (TPSA) is 79.4 Å². The van der Waals surface area contributed by atoms with Gasteiger partial charge in [-0.2, -0.15) is 0 Å². The molecule has 27 heavy (non-hydrogen) atoms. The number of morpholine rings is 1. The number of hydrogen-bond acceptors (Lipinski definition) is 5. The highest BCUT2D eigenvalue weighted by atomic mass is 16.5. The molecule has 2 N–H and O–H groups in total. The molecule has 144 valence electrons. The number of amides is 2. The molecule has 0 bridgehead atoms. The van der Waals surface area contributed by atoms with Gasteiger partial charge in [0.05, 0.1) is 13.2 Å². The van der Waals surface area contributed by atoms with Gasteiger partial charge >= 0.3 is 6.03 Å². The number of anilines is 2. The number of carbonyl (C=O) groups is 1. The molecule has 1 aliphatic rings. The van der Waals surface area contributed by atoms with Crippen molar-refractivity contribution in [1.29, 1.82) is 0 Å². The van der Waals surface area contributed by atoms with Gasteiger partial charge in [-0.05, 0) is 52.0 Å². The van der Waals surface area contributed by atoms with Crippen molar-refractivity contribution in [2.75, 3.05) is 36.5 Å². The van der Waals surface area contributed by atoms with E-state index in [4.69, 9.17) is 9.72 Å². The van der Waals surface area contributed by atoms with Gasteiger partial charge in [0, 0.05) is 41.6 Å². The molecule has 2 aromatic rings. The van der Waals surface area contributed by atoms with E-state index in [0.717, 1.165) is 48.9 Å². The Morgan fingerprint density at radius 1 is 1.15 bits per heavy atom. The van der Waals surface area contributed by atoms with E-state index in [1.807, 2.05) is 58.2 Å². The molecule has 7 heteroatoms. The van der Waals surface area contributed by atoms with Gasteiger partial charge in [0.15, 0.2) is 5.82 Å². The van der Waals surface area contributed by atoms with Crippen LogP contribution in [0.1, 0.15) is 26.3 Å². The number of hydrogen-bond donors (Lipinski definition) is 2. The van der Waals surface area contributed by atoms with Crippen LogP contribution in [0.2, 0.25) is 0 Å². The van der Waals surface area contributed by atoms with Crippen LogP contribution in [-0.2, 0) is 4.74 Å². The molecule has 0 radical (unpaired) electrons. The lowest BCUT2D eigenvalue weighted by atomic mass is 10.1. The first-order chi connectivity index (χ1) is 12.8. The van der Waals surface area contributed by atoms with Crippen molar-refractivity contribution in [2.24, 2.45) is 0 Å². The smallest absolute Gasteiger partial charge is 0.319 e. The van der Waals surface area contributed by atoms with E-state index < -0.39 is 0 Å². The second-order valence-corrected chi connectivity index (χ2v) is 7.71. The summed E-state index contributed by atoms with van der Waals surface area (Å²) >= 11 is 0. The minimum Gasteiger partial charge on any atom is -0.378 e. The molecule has 1 saturated heterocycles. The van der Waals surface area contributed by atoms with Crippen LogP contribution < -0.4 is 15.5 Å². The maximum Gasteiger partial charge on any atom is 0.319 e. The molecular weight excluding hydrogens is 342 g/mol. The molecule has 2 heterocycles. The van der Waals surface area contributed by atoms with E-state index in [1.165, 1.54) is 0 Å². The quantitative estimate of drug-likeness (QED) is 0.868. The van der Waals surface area contributed by atoms with Gasteiger partial charge in [0.25, 0.3) is 0 Å². The molecule has 0 spiro atoms. The highest BCUT2D eigenvalue weighted by Crippen LogP contribution is 2.23. The molecule has 1 aromatic carbocycles. The fourth-order valence-electron chi connectivity index (χ4n) is 2.87. The molecule has 0 aliphatic carbocycles. The fourth-order valence-corrected chi connectivity index (χ4v) is 2.87. The van der Waals surface area contributed by atoms with Gasteiger partial charge in [-0.1, -0.05) is 0 Å². The van der Waals surface area contributed by atoms with Crippen molar-refractivity contribution in [2.45, 2.75) is 33.2 Å². The SMILES string of the molecule is Cc1cnc(-c2ccc(NC(=O)NC(C)(C)C)cc2)nc1N1CCOCC1. The average molecular weight is 369 g/mol. The molecule has 2 amide bonds. The normalized spacial score (nSPS) is 14.7. The molecule has 3 rings (SSSR count). The highest BCUT2D eigenvalue weighted by molar-refractivity contribution is 5.89. The molecule has 7 nitrogen and oxygen atoms in total. The van der Waals surface area contributed by atoms with E-state index >= 15 is 0 Å². The van der Waals surface area contributed by atoms with Crippen LogP contribution in [0.5, 0.6) is 0 Å². The van der Waals surface area contributed by atoms with E-state index in [2.05, 4.69) is 20.5 Å². The third kappa shape index (κ3) is 5.17. The molecule has 0 atom stereocenters. The Labute approximate surface area is 160 Å². The van der Waals surface area contributed by atoms with Gasteiger partial charge in [0.1, 0.15) is 5.82 Å². The number of rotatable bonds is 3. The first-order valence-electron chi connectivity index (χ1n) is 9.18. The molecule has 1 fully saturated rings. The lowest BCUT2D eigenvalue weighted by molar-refractivity contribution is 0.122. The number of aryl methyl sites for hydroxylation is 1. The molecular formula is C20H27N5O2. The van der Waals surface area contributed by atoms with Gasteiger partial charge < -0.3 is 20.3 Å². The van der Waals surface area contributed by atoms with Crippen LogP contribution in [0.4, 0.5) is 16.3 Å². The van der Waals surface area contributed by atoms with Crippen LogP contribution in [0.3, 0.4) is 0 Å². The van der Waals surface area contributed by atoms with Crippen molar-refractivity contribution in [3.63, 3.8) is 0 Å². The zero-order valence-electron chi connectivity index (χ0n) is 16.4. The summed E-state index contributed by atoms with van der Waals surface area (Å²) in [6, 6.07) is 7.32. The summed E-state index contributed by atoms with van der Waals surface area (Å²) in [5.41, 5.74) is 2.40. The van der Waals surface area contributed by atoms with Crippen LogP contribution >= 0.6 is 0 Å². The molecule has 1 aliphatic heterocycles. The van der Waals surface area contributed by atoms with Crippen molar-refractivity contribution in [1.82, 2.24) is 15.3 Å². The first kappa shape index (κ1) is 19.1. The summed E-state index contributed by atoms with van der Waals surface area (Å²) < 4.78 is 5.43. The van der Waals surface area contributed by atoms with E-state index in [1.54, 1.807) is 0 Å². The third-order valence-electron chi connectivity index (χ3n) is 4.15. The maximum atomic E-state index is 12.0. The third-order valence-corrected chi connectivity index (χ3v) is 4.15. The monoisotopic (exact) mass is 369 g/mol. The van der Waals surface area contributed by atoms with Crippen LogP contribution in [0, 0.1) is 6.92 Å². The second-order valence-electron chi connectivity index (χ2n) is 7.71. The number of nitrogens with zero attached hydrogens (tertiary/aromatic N) is 3. The lowest BCUT2D eigenvalue weighted by Gasteiger charge is -2.29. The number of aromatic nitrogens is 2. The van der Waals surface area contributed by atoms with Gasteiger partial charge in [0.2, 0.25) is 0 Å². The summed E-state index contributed by atoms with van der Waals surface area (Å²) in [7, 11) is 0. The predicted octanol–water partition coefficient (Wildman–Crippen LogP) is 3.21. The molecule has 0 saturated carbocycles. The summed E-state index contributed by atoms with van der Waals surface area (Å²) in [5.74, 6) is 1.63. The van der Waals surface area contributed by atoms with Gasteiger partial charge in [-0.3, -0.25) is 0 Å². The Hall–Kier alpha value is -2.67. The van der Waals surface area contributed by atoms with Crippen LogP contribution in [0.25, 0.3) is 11.4 Å². The standard InChI is InChI=1S/C20H27N5O2/c1-14-13-21-17(23-18(14)25-9-11-27-12-10-25)15-5-7-16(8-6-15)22-19(26)24-20(2,3)4/h5-8,13H,9-12H2,1-4H3,(H2,22,24,26). The van der Waals surface area contributed by atoms with Crippen LogP contribution in [-0.4, -0.2) is 47.8 Å².